The molecule has 0 radical (unpaired) electrons. The lowest BCUT2D eigenvalue weighted by molar-refractivity contribution is -0.145. The summed E-state index contributed by atoms with van der Waals surface area (Å²) in [6.07, 6.45) is 2.00. The van der Waals surface area contributed by atoms with Gasteiger partial charge in [0.05, 0.1) is 47.8 Å². The first-order valence-electron chi connectivity index (χ1n) is 38.4. The zero-order chi connectivity index (χ0) is 83.3. The minimum Gasteiger partial charge on any atom is -0.478 e. The van der Waals surface area contributed by atoms with Crippen molar-refractivity contribution in [1.29, 1.82) is 0 Å². The van der Waals surface area contributed by atoms with Gasteiger partial charge in [0.15, 0.2) is 11.5 Å². The van der Waals surface area contributed by atoms with Crippen LogP contribution in [0.1, 0.15) is 126 Å². The predicted molar refractivity (Wildman–Crippen MR) is 445 cm³/mol. The average Bonchev–Trinajstić information content (AvgIpc) is 1.55. The van der Waals surface area contributed by atoms with Gasteiger partial charge < -0.3 is 53.5 Å². The number of fused-ring (bicyclic) bond motifs is 4. The first-order valence-corrected chi connectivity index (χ1v) is 42.0. The summed E-state index contributed by atoms with van der Waals surface area (Å²) < 4.78 is 89.7. The molecular formula is C91H88F2N8O15P2. The number of aromatic nitrogens is 2. The number of hydrogen-bond acceptors (Lipinski definition) is 17. The lowest BCUT2D eigenvalue weighted by atomic mass is 9.95. The quantitative estimate of drug-likeness (QED) is 0.0193. The van der Waals surface area contributed by atoms with E-state index in [2.05, 4.69) is 25.8 Å². The molecule has 4 heterocycles. The summed E-state index contributed by atoms with van der Waals surface area (Å²) >= 11 is 0. The van der Waals surface area contributed by atoms with Gasteiger partial charge in [0.1, 0.15) is 58.5 Å². The fourth-order valence-corrected chi connectivity index (χ4v) is 17.5. The number of carbonyl (C=O) groups is 6. The van der Waals surface area contributed by atoms with Gasteiger partial charge in [0, 0.05) is 73.6 Å². The number of carbonyl (C=O) groups excluding carboxylic acids is 5. The monoisotopic (exact) mass is 1630 g/mol. The van der Waals surface area contributed by atoms with E-state index < -0.39 is 69.0 Å². The van der Waals surface area contributed by atoms with E-state index in [0.717, 1.165) is 27.8 Å². The number of halogens is 2. The molecule has 4 atom stereocenters. The maximum absolute atomic E-state index is 14.6. The molecule has 0 bridgehead atoms. The van der Waals surface area contributed by atoms with Crippen molar-refractivity contribution in [3.63, 3.8) is 0 Å². The number of amides is 3. The molecule has 0 fully saturated rings. The van der Waals surface area contributed by atoms with E-state index in [0.29, 0.717) is 56.5 Å². The number of carboxylic acid groups (broad SMARTS) is 1. The number of carboxylic acids is 1. The minimum atomic E-state index is -3.82. The minimum absolute atomic E-state index is 0.0337. The molecule has 2 aliphatic rings. The maximum Gasteiger partial charge on any atom is 0.336 e. The summed E-state index contributed by atoms with van der Waals surface area (Å²) in [5.74, 6) is -2.95. The van der Waals surface area contributed by atoms with Crippen LogP contribution in [-0.2, 0) is 54.4 Å². The van der Waals surface area contributed by atoms with Crippen molar-refractivity contribution in [3.05, 3.63) is 346 Å². The third kappa shape index (κ3) is 20.9. The second-order valence-corrected chi connectivity index (χ2v) is 32.1. The Hall–Kier alpha value is -12.8. The van der Waals surface area contributed by atoms with Crippen molar-refractivity contribution in [1.82, 2.24) is 40.6 Å². The molecule has 5 N–H and O–H groups in total. The Labute approximate surface area is 681 Å². The van der Waals surface area contributed by atoms with Crippen LogP contribution in [0.2, 0.25) is 0 Å². The summed E-state index contributed by atoms with van der Waals surface area (Å²) in [7, 11) is -5.26. The summed E-state index contributed by atoms with van der Waals surface area (Å²) in [6, 6.07) is 72.9. The fourth-order valence-electron chi connectivity index (χ4n) is 13.8. The number of benzene rings is 10. The highest BCUT2D eigenvalue weighted by Crippen LogP contribution is 2.48. The zero-order valence-corrected chi connectivity index (χ0v) is 67.2. The van der Waals surface area contributed by atoms with Crippen LogP contribution in [0.25, 0.3) is 21.8 Å². The molecule has 12 aromatic rings. The Balaban J connectivity index is 0.000000183. The van der Waals surface area contributed by atoms with Gasteiger partial charge in [-0.05, 0) is 129 Å². The molecule has 0 aliphatic carbocycles. The van der Waals surface area contributed by atoms with Crippen LogP contribution in [0.3, 0.4) is 0 Å². The predicted octanol–water partition coefficient (Wildman–Crippen LogP) is 16.7. The average molecular weight is 1630 g/mol. The molecule has 23 nitrogen and oxygen atoms in total. The molecule has 0 spiro atoms. The van der Waals surface area contributed by atoms with Gasteiger partial charge in [-0.3, -0.25) is 43.1 Å². The normalized spacial score (nSPS) is 13.6. The van der Waals surface area contributed by atoms with E-state index in [9.17, 15) is 51.8 Å². The van der Waals surface area contributed by atoms with E-state index in [1.54, 1.807) is 153 Å². The van der Waals surface area contributed by atoms with Crippen LogP contribution in [0.15, 0.2) is 267 Å². The smallest absolute Gasteiger partial charge is 0.336 e. The van der Waals surface area contributed by atoms with Gasteiger partial charge in [-0.1, -0.05) is 194 Å². The Morgan fingerprint density at radius 3 is 1.18 bits per heavy atom. The third-order valence-corrected chi connectivity index (χ3v) is 23.4. The van der Waals surface area contributed by atoms with Crippen LogP contribution in [-0.4, -0.2) is 118 Å². The number of esters is 2. The molecular weight excluding hydrogens is 1540 g/mol. The van der Waals surface area contributed by atoms with Gasteiger partial charge in [-0.25, -0.2) is 23.7 Å². The second kappa shape index (κ2) is 39.7. The molecule has 27 heteroatoms. The number of para-hydroxylation sites is 2. The van der Waals surface area contributed by atoms with Crippen LogP contribution < -0.4 is 39.3 Å². The van der Waals surface area contributed by atoms with Gasteiger partial charge >= 0.3 is 32.9 Å². The van der Waals surface area contributed by atoms with E-state index in [1.807, 2.05) is 127 Å². The lowest BCUT2D eigenvalue weighted by Crippen LogP contribution is -2.37. The van der Waals surface area contributed by atoms with Crippen molar-refractivity contribution in [2.75, 3.05) is 45.7 Å². The van der Waals surface area contributed by atoms with Gasteiger partial charge in [-0.15, -0.1) is 0 Å². The highest BCUT2D eigenvalue weighted by atomic mass is 31.2. The molecule has 606 valence electrons. The molecule has 0 saturated heterocycles. The number of aromatic carboxylic acids is 1. The number of hydrogen-bond donors (Lipinski definition) is 5. The van der Waals surface area contributed by atoms with Crippen molar-refractivity contribution in [2.45, 2.75) is 78.2 Å². The highest BCUT2D eigenvalue weighted by molar-refractivity contribution is 7.57. The van der Waals surface area contributed by atoms with Crippen molar-refractivity contribution in [2.24, 2.45) is 0 Å². The van der Waals surface area contributed by atoms with E-state index >= 15 is 0 Å². The third-order valence-electron chi connectivity index (χ3n) is 19.2. The molecule has 2 aromatic heterocycles. The maximum atomic E-state index is 14.6. The molecule has 10 aromatic carbocycles. The van der Waals surface area contributed by atoms with E-state index in [4.69, 9.17) is 33.0 Å². The summed E-state index contributed by atoms with van der Waals surface area (Å²) in [5, 5.41) is 22.5. The standard InChI is InChI=1S/C45H42FN4O7P.C32H23FN2O4.C14H23N2O4P/c1-3-55-45(53)30(2)49-58(54,57-35-18-11-6-12-19-35)27-26-48-43(51)38-36-20-13-25-47-40(36)42(56-41(32-14-7-4-8-15-32)33-16-9-5-10-17-33)39-37(38)29-50(44(39)52)28-31-21-23-34(46)24-22-31;33-23-15-13-20(14-16-23)18-35-19-25-26(32(37)38)24-12-7-17-34-28(24)30(27(25)31(35)36)39-29(21-8-3-1-4-9-21)22-10-5-2-6-11-22;1-4-19-14(17)12(2)16-21(18,11-10-15-3)20-13-8-6-5-7-9-13/h4-25,30,41H,3,26-29H2,1-2H3,(H,48,51)(H,49,54);1-17,29H,18-19H2,(H,37,38);5-9,12,15H,4,10-11H2,1-3H3,(H,16,18)/t30-,58?;;12-,21?/m0.0/s1. The Bertz CT molecular complexity index is 5530. The van der Waals surface area contributed by atoms with E-state index in [-0.39, 0.29) is 110 Å². The topological polar surface area (TPSA) is 293 Å². The SMILES string of the molecule is CCOC(=O)[C@H](C)NP(=O)(CCNC(=O)c1c2c(c(OC(c3ccccc3)c3ccccc3)c3ncccc13)C(=O)N(Cc1ccc(F)cc1)C2)Oc1ccccc1.CCOC(=O)[C@H](C)NP(=O)(CCNC)Oc1ccccc1.O=C(O)c1c2c(c(OC(c3ccccc3)c3ccccc3)c3ncccc13)C(=O)N(Cc1ccc(F)cc1)C2. The van der Waals surface area contributed by atoms with Crippen LogP contribution in [0.5, 0.6) is 23.0 Å². The number of rotatable bonds is 32. The Morgan fingerprint density at radius 2 is 0.822 bits per heavy atom. The van der Waals surface area contributed by atoms with Crippen LogP contribution >= 0.6 is 15.0 Å². The highest BCUT2D eigenvalue weighted by Gasteiger charge is 2.42. The van der Waals surface area contributed by atoms with Crippen molar-refractivity contribution >= 4 is 72.5 Å². The Morgan fingerprint density at radius 1 is 0.475 bits per heavy atom. The van der Waals surface area contributed by atoms with E-state index in [1.165, 1.54) is 31.2 Å². The van der Waals surface area contributed by atoms with Crippen molar-refractivity contribution in [3.8, 4) is 23.0 Å². The number of nitrogens with one attached hydrogen (secondary N) is 4. The van der Waals surface area contributed by atoms with Crippen LogP contribution in [0.4, 0.5) is 8.78 Å². The largest absolute Gasteiger partial charge is 0.478 e. The molecule has 14 rings (SSSR count). The summed E-state index contributed by atoms with van der Waals surface area (Å²) in [5.41, 5.74) is 6.91. The first-order chi connectivity index (χ1) is 57.1. The summed E-state index contributed by atoms with van der Waals surface area (Å²) in [4.78, 5) is 92.0. The first kappa shape index (κ1) is 84.6. The molecule has 0 saturated carbocycles. The zero-order valence-electron chi connectivity index (χ0n) is 65.4. The van der Waals surface area contributed by atoms with Gasteiger partial charge in [0.25, 0.3) is 17.7 Å². The fraction of sp³-hybridized carbons (Fsp3) is 0.209. The number of pyridine rings is 2. The van der Waals surface area contributed by atoms with Gasteiger partial charge in [-0.2, -0.15) is 0 Å². The summed E-state index contributed by atoms with van der Waals surface area (Å²) in [6.45, 7) is 7.80. The van der Waals surface area contributed by atoms with Crippen LogP contribution in [0, 0.1) is 11.6 Å². The van der Waals surface area contributed by atoms with Gasteiger partial charge in [0.2, 0.25) is 0 Å². The lowest BCUT2D eigenvalue weighted by Gasteiger charge is -2.24. The second-order valence-electron chi connectivity index (χ2n) is 27.6. The molecule has 118 heavy (non-hydrogen) atoms. The molecule has 2 unspecified atom stereocenters. The molecule has 3 amide bonds. The van der Waals surface area contributed by atoms with Crippen molar-refractivity contribution < 1.29 is 79.8 Å². The molecule has 2 aliphatic heterocycles. The number of nitrogens with zero attached hydrogens (tertiary/aromatic N) is 4. The number of ether oxygens (including phenoxy) is 4. The Kier molecular flexibility index (Phi) is 28.5.